The summed E-state index contributed by atoms with van der Waals surface area (Å²) in [5.74, 6) is 2.09. The minimum absolute atomic E-state index is 0.0854. The molecule has 0 aromatic carbocycles. The summed E-state index contributed by atoms with van der Waals surface area (Å²) in [6.07, 6.45) is 0. The van der Waals surface area contributed by atoms with E-state index in [2.05, 4.69) is 44.4 Å². The topological polar surface area (TPSA) is 86.0 Å². The van der Waals surface area contributed by atoms with Crippen molar-refractivity contribution in [3.05, 3.63) is 17.5 Å². The van der Waals surface area contributed by atoms with E-state index in [0.29, 0.717) is 19.0 Å². The fourth-order valence-electron chi connectivity index (χ4n) is 2.87. The molecule has 2 N–H and O–H groups in total. The Hall–Kier alpha value is -2.09. The zero-order valence-electron chi connectivity index (χ0n) is 16.6. The number of rotatable bonds is 6. The number of carbonyl (C=O) groups is 1. The van der Waals surface area contributed by atoms with Crippen molar-refractivity contribution in [2.45, 2.75) is 46.2 Å². The second-order valence-electron chi connectivity index (χ2n) is 7.26. The number of nitrogens with zero attached hydrogens (tertiary/aromatic N) is 4. The molecule has 0 bridgehead atoms. The summed E-state index contributed by atoms with van der Waals surface area (Å²) in [6, 6.07) is 2.16. The maximum Gasteiger partial charge on any atom is 0.234 e. The molecule has 8 nitrogen and oxygen atoms in total. The molecule has 1 fully saturated rings. The summed E-state index contributed by atoms with van der Waals surface area (Å²) < 4.78 is 5.36. The number of piperazine rings is 1. The molecule has 0 aliphatic carbocycles. The highest BCUT2D eigenvalue weighted by Crippen LogP contribution is 2.14. The first-order valence-electron chi connectivity index (χ1n) is 9.31. The first-order valence-corrected chi connectivity index (χ1v) is 9.31. The summed E-state index contributed by atoms with van der Waals surface area (Å²) in [5, 5.41) is 10.3. The average molecular weight is 364 g/mol. The van der Waals surface area contributed by atoms with Crippen LogP contribution in [0.15, 0.2) is 15.6 Å². The van der Waals surface area contributed by atoms with Gasteiger partial charge in [-0.2, -0.15) is 0 Å². The molecule has 2 rings (SSSR count). The van der Waals surface area contributed by atoms with Crippen LogP contribution in [0.4, 0.5) is 0 Å². The molecule has 1 saturated heterocycles. The first kappa shape index (κ1) is 20.2. The lowest BCUT2D eigenvalue weighted by molar-refractivity contribution is -0.123. The number of guanidine groups is 1. The van der Waals surface area contributed by atoms with Crippen LogP contribution in [0.3, 0.4) is 0 Å². The maximum absolute atomic E-state index is 11.9. The Kier molecular flexibility index (Phi) is 7.44. The van der Waals surface area contributed by atoms with Gasteiger partial charge in [-0.3, -0.25) is 14.7 Å². The molecule has 1 aromatic heterocycles. The highest BCUT2D eigenvalue weighted by atomic mass is 16.5. The molecule has 0 spiro atoms. The Bertz CT molecular complexity index is 603. The first-order chi connectivity index (χ1) is 12.4. The van der Waals surface area contributed by atoms with Gasteiger partial charge in [0.2, 0.25) is 5.91 Å². The predicted molar refractivity (Wildman–Crippen MR) is 102 cm³/mol. The van der Waals surface area contributed by atoms with Crippen molar-refractivity contribution >= 4 is 11.9 Å². The van der Waals surface area contributed by atoms with Crippen molar-refractivity contribution in [1.82, 2.24) is 25.6 Å². The van der Waals surface area contributed by atoms with E-state index in [0.717, 1.165) is 43.6 Å². The van der Waals surface area contributed by atoms with Crippen LogP contribution >= 0.6 is 0 Å². The lowest BCUT2D eigenvalue weighted by Crippen LogP contribution is -2.54. The largest absolute Gasteiger partial charge is 0.359 e. The van der Waals surface area contributed by atoms with Crippen molar-refractivity contribution in [3.63, 3.8) is 0 Å². The van der Waals surface area contributed by atoms with E-state index in [4.69, 9.17) is 4.52 Å². The van der Waals surface area contributed by atoms with Crippen LogP contribution in [0, 0.1) is 0 Å². The number of nitrogens with one attached hydrogen (secondary N) is 2. The van der Waals surface area contributed by atoms with Gasteiger partial charge in [0.25, 0.3) is 0 Å². The van der Waals surface area contributed by atoms with Crippen LogP contribution in [-0.2, 0) is 11.3 Å². The zero-order valence-corrected chi connectivity index (χ0v) is 16.6. The molecule has 0 radical (unpaired) electrons. The molecule has 1 aliphatic heterocycles. The Labute approximate surface area is 156 Å². The fourth-order valence-corrected chi connectivity index (χ4v) is 2.87. The van der Waals surface area contributed by atoms with Gasteiger partial charge in [0.1, 0.15) is 0 Å². The number of hydrogen-bond acceptors (Lipinski definition) is 5. The Morgan fingerprint density at radius 3 is 2.50 bits per heavy atom. The molecular weight excluding hydrogens is 332 g/mol. The van der Waals surface area contributed by atoms with Gasteiger partial charge in [-0.15, -0.1) is 0 Å². The summed E-state index contributed by atoms with van der Waals surface area (Å²) >= 11 is 0. The molecule has 0 saturated carbocycles. The highest BCUT2D eigenvalue weighted by Gasteiger charge is 2.21. The van der Waals surface area contributed by atoms with Crippen LogP contribution in [0.2, 0.25) is 0 Å². The van der Waals surface area contributed by atoms with Gasteiger partial charge in [0.15, 0.2) is 11.7 Å². The van der Waals surface area contributed by atoms with Crippen molar-refractivity contribution in [2.24, 2.45) is 4.99 Å². The van der Waals surface area contributed by atoms with Crippen LogP contribution in [-0.4, -0.2) is 72.6 Å². The Morgan fingerprint density at radius 1 is 1.27 bits per heavy atom. The summed E-state index contributed by atoms with van der Waals surface area (Å²) in [4.78, 5) is 20.6. The SMILES string of the molecule is CN=C(NCc1cc(C(C)C)no1)N1CCN(CC(=O)NC(C)C)CC1. The smallest absolute Gasteiger partial charge is 0.234 e. The van der Waals surface area contributed by atoms with E-state index < -0.39 is 0 Å². The lowest BCUT2D eigenvalue weighted by atomic mass is 10.1. The molecule has 8 heteroatoms. The van der Waals surface area contributed by atoms with E-state index in [1.807, 2.05) is 19.9 Å². The van der Waals surface area contributed by atoms with Gasteiger partial charge in [0.05, 0.1) is 18.8 Å². The lowest BCUT2D eigenvalue weighted by Gasteiger charge is -2.36. The quantitative estimate of drug-likeness (QED) is 0.579. The van der Waals surface area contributed by atoms with Crippen molar-refractivity contribution in [2.75, 3.05) is 39.8 Å². The van der Waals surface area contributed by atoms with Gasteiger partial charge in [-0.25, -0.2) is 0 Å². The standard InChI is InChI=1S/C18H32N6O2/c1-13(2)16-10-15(26-22-16)11-20-18(19-5)24-8-6-23(7-9-24)12-17(25)21-14(3)4/h10,13-14H,6-9,11-12H2,1-5H3,(H,19,20)(H,21,25). The number of aromatic nitrogens is 1. The Morgan fingerprint density at radius 2 is 1.96 bits per heavy atom. The third-order valence-electron chi connectivity index (χ3n) is 4.29. The van der Waals surface area contributed by atoms with Crippen molar-refractivity contribution < 1.29 is 9.32 Å². The zero-order chi connectivity index (χ0) is 19.1. The molecule has 26 heavy (non-hydrogen) atoms. The van der Waals surface area contributed by atoms with E-state index in [1.165, 1.54) is 0 Å². The van der Waals surface area contributed by atoms with Crippen LogP contribution in [0.1, 0.15) is 45.1 Å². The molecule has 1 aliphatic rings. The molecule has 2 heterocycles. The second kappa shape index (κ2) is 9.56. The van der Waals surface area contributed by atoms with E-state index >= 15 is 0 Å². The monoisotopic (exact) mass is 364 g/mol. The number of carbonyl (C=O) groups excluding carboxylic acids is 1. The molecule has 0 atom stereocenters. The molecular formula is C18H32N6O2. The minimum Gasteiger partial charge on any atom is -0.359 e. The third kappa shape index (κ3) is 6.01. The van der Waals surface area contributed by atoms with Crippen LogP contribution in [0.25, 0.3) is 0 Å². The maximum atomic E-state index is 11.9. The summed E-state index contributed by atoms with van der Waals surface area (Å²) in [7, 11) is 1.78. The molecule has 146 valence electrons. The van der Waals surface area contributed by atoms with Gasteiger partial charge in [-0.1, -0.05) is 19.0 Å². The summed E-state index contributed by atoms with van der Waals surface area (Å²) in [5.41, 5.74) is 0.963. The molecule has 0 unspecified atom stereocenters. The van der Waals surface area contributed by atoms with Gasteiger partial charge in [-0.05, 0) is 19.8 Å². The Balaban J connectivity index is 1.78. The molecule has 1 aromatic rings. The third-order valence-corrected chi connectivity index (χ3v) is 4.29. The van der Waals surface area contributed by atoms with Crippen molar-refractivity contribution in [3.8, 4) is 0 Å². The minimum atomic E-state index is 0.0854. The van der Waals surface area contributed by atoms with Crippen LogP contribution in [0.5, 0.6) is 0 Å². The second-order valence-corrected chi connectivity index (χ2v) is 7.26. The highest BCUT2D eigenvalue weighted by molar-refractivity contribution is 5.80. The predicted octanol–water partition coefficient (Wildman–Crippen LogP) is 1.02. The van der Waals surface area contributed by atoms with Gasteiger partial charge >= 0.3 is 0 Å². The molecule has 1 amide bonds. The van der Waals surface area contributed by atoms with E-state index in [-0.39, 0.29) is 11.9 Å². The number of hydrogen-bond donors (Lipinski definition) is 2. The van der Waals surface area contributed by atoms with Crippen LogP contribution < -0.4 is 10.6 Å². The van der Waals surface area contributed by atoms with Gasteiger partial charge < -0.3 is 20.1 Å². The van der Waals surface area contributed by atoms with Gasteiger partial charge in [0, 0.05) is 45.3 Å². The average Bonchev–Trinajstić information content (AvgIpc) is 3.05. The van der Waals surface area contributed by atoms with Crippen molar-refractivity contribution in [1.29, 1.82) is 0 Å². The number of aliphatic imine (C=N–C) groups is 1. The number of amides is 1. The fraction of sp³-hybridized carbons (Fsp3) is 0.722. The summed E-state index contributed by atoms with van der Waals surface area (Å²) in [6.45, 7) is 12.5. The van der Waals surface area contributed by atoms with E-state index in [1.54, 1.807) is 7.05 Å². The van der Waals surface area contributed by atoms with E-state index in [9.17, 15) is 4.79 Å². The normalized spacial score (nSPS) is 16.4.